The van der Waals surface area contributed by atoms with Crippen molar-refractivity contribution in [3.63, 3.8) is 0 Å². The van der Waals surface area contributed by atoms with Gasteiger partial charge in [0.25, 0.3) is 0 Å². The van der Waals surface area contributed by atoms with E-state index < -0.39 is 6.09 Å². The molecule has 0 bridgehead atoms. The minimum absolute atomic E-state index is 0.372. The number of carbonyl (C=O) groups is 1. The fourth-order valence-electron chi connectivity index (χ4n) is 0.918. The highest BCUT2D eigenvalue weighted by Gasteiger charge is 2.01. The van der Waals surface area contributed by atoms with E-state index in [1.807, 2.05) is 18.5 Å². The molecule has 0 aliphatic carbocycles. The van der Waals surface area contributed by atoms with E-state index in [9.17, 15) is 4.79 Å². The van der Waals surface area contributed by atoms with Crippen LogP contribution in [-0.4, -0.2) is 12.7 Å². The molecule has 0 radical (unpaired) electrons. The summed E-state index contributed by atoms with van der Waals surface area (Å²) < 4.78 is 4.77. The second kappa shape index (κ2) is 7.53. The summed E-state index contributed by atoms with van der Waals surface area (Å²) in [6.45, 7) is 2.38. The van der Waals surface area contributed by atoms with Gasteiger partial charge >= 0.3 is 6.09 Å². The Bertz CT molecular complexity index is 302. The molecule has 0 saturated heterocycles. The van der Waals surface area contributed by atoms with Crippen molar-refractivity contribution >= 4 is 6.09 Å². The number of ether oxygens (including phenoxy) is 1. The Kier molecular flexibility index (Phi) is 5.80. The van der Waals surface area contributed by atoms with Gasteiger partial charge in [0, 0.05) is 0 Å². The lowest BCUT2D eigenvalue weighted by atomic mass is 10.3. The summed E-state index contributed by atoms with van der Waals surface area (Å²) in [7, 11) is 0. The van der Waals surface area contributed by atoms with Crippen LogP contribution in [0.25, 0.3) is 0 Å². The molecule has 0 fully saturated rings. The van der Waals surface area contributed by atoms with Gasteiger partial charge in [-0.25, -0.2) is 4.79 Å². The van der Waals surface area contributed by atoms with Gasteiger partial charge in [-0.05, 0) is 18.6 Å². The van der Waals surface area contributed by atoms with Gasteiger partial charge in [-0.1, -0.05) is 36.5 Å². The van der Waals surface area contributed by atoms with Gasteiger partial charge in [-0.3, -0.25) is 0 Å². The first-order valence-electron chi connectivity index (χ1n) is 5.14. The first-order chi connectivity index (χ1) is 7.83. The highest BCUT2D eigenvalue weighted by molar-refractivity contribution is 5.65. The number of benzene rings is 1. The molecule has 0 aliphatic rings. The summed E-state index contributed by atoms with van der Waals surface area (Å²) in [5.41, 5.74) is 2.01. The van der Waals surface area contributed by atoms with Crippen molar-refractivity contribution in [1.82, 2.24) is 5.48 Å². The Morgan fingerprint density at radius 3 is 2.75 bits per heavy atom. The van der Waals surface area contributed by atoms with E-state index in [2.05, 4.69) is 4.99 Å². The van der Waals surface area contributed by atoms with Crippen LogP contribution < -0.4 is 10.4 Å². The van der Waals surface area contributed by atoms with Gasteiger partial charge in [0.05, 0.1) is 6.61 Å². The van der Waals surface area contributed by atoms with Crippen LogP contribution in [0.15, 0.2) is 30.3 Å². The number of rotatable bonds is 6. The second-order valence-electron chi connectivity index (χ2n) is 3.07. The first-order valence-corrected chi connectivity index (χ1v) is 5.14. The van der Waals surface area contributed by atoms with Crippen LogP contribution in [0.4, 0.5) is 4.79 Å². The third-order valence-corrected chi connectivity index (χ3v) is 1.74. The van der Waals surface area contributed by atoms with Crippen molar-refractivity contribution in [2.75, 3.05) is 6.61 Å². The monoisotopic (exact) mass is 225 g/mol. The number of carbonyl (C=O) groups excluding carboxylic acids is 1. The molecule has 0 spiro atoms. The topological polar surface area (TPSA) is 56.8 Å². The standard InChI is InChI=1S/C11H15NO4/c1-2-3-9-14-11(13)12-16-15-10-7-5-4-6-8-10/h4-8H,2-3,9H2,1H3,(H,12,13). The molecule has 0 aliphatic heterocycles. The minimum Gasteiger partial charge on any atom is -0.448 e. The Hall–Kier alpha value is -1.75. The zero-order valence-electron chi connectivity index (χ0n) is 9.14. The molecule has 0 heterocycles. The first kappa shape index (κ1) is 12.3. The van der Waals surface area contributed by atoms with Crippen LogP contribution >= 0.6 is 0 Å². The molecule has 0 aromatic heterocycles. The maximum absolute atomic E-state index is 11.0. The van der Waals surface area contributed by atoms with E-state index in [0.29, 0.717) is 12.4 Å². The van der Waals surface area contributed by atoms with Crippen molar-refractivity contribution < 1.29 is 19.4 Å². The summed E-state index contributed by atoms with van der Waals surface area (Å²) in [6, 6.07) is 8.82. The van der Waals surface area contributed by atoms with Gasteiger partial charge in [-0.15, -0.1) is 0 Å². The molecule has 5 heteroatoms. The third kappa shape index (κ3) is 5.21. The molecule has 1 aromatic carbocycles. The summed E-state index contributed by atoms with van der Waals surface area (Å²) in [5, 5.41) is 0. The van der Waals surface area contributed by atoms with Gasteiger partial charge in [-0.2, -0.15) is 5.48 Å². The summed E-state index contributed by atoms with van der Waals surface area (Å²) in [6.07, 6.45) is 1.13. The number of amides is 1. The van der Waals surface area contributed by atoms with Crippen LogP contribution in [0.1, 0.15) is 19.8 Å². The zero-order chi connectivity index (χ0) is 11.6. The number of nitrogens with one attached hydrogen (secondary N) is 1. The molecule has 1 N–H and O–H groups in total. The normalized spacial score (nSPS) is 9.56. The van der Waals surface area contributed by atoms with Gasteiger partial charge in [0.1, 0.15) is 0 Å². The third-order valence-electron chi connectivity index (χ3n) is 1.74. The van der Waals surface area contributed by atoms with E-state index >= 15 is 0 Å². The zero-order valence-corrected chi connectivity index (χ0v) is 9.14. The lowest BCUT2D eigenvalue weighted by Crippen LogP contribution is -2.26. The van der Waals surface area contributed by atoms with Crippen molar-refractivity contribution in [3.8, 4) is 5.75 Å². The maximum atomic E-state index is 11.0. The van der Waals surface area contributed by atoms with E-state index in [1.54, 1.807) is 24.3 Å². The Morgan fingerprint density at radius 2 is 2.06 bits per heavy atom. The van der Waals surface area contributed by atoms with Crippen LogP contribution in [-0.2, 0) is 9.73 Å². The number of unbranched alkanes of at least 4 members (excludes halogenated alkanes) is 1. The van der Waals surface area contributed by atoms with Crippen molar-refractivity contribution in [3.05, 3.63) is 30.3 Å². The quantitative estimate of drug-likeness (QED) is 0.459. The number of hydrogen-bond donors (Lipinski definition) is 1. The SMILES string of the molecule is CCCCOC(=O)NOOc1ccccc1. The number of para-hydroxylation sites is 1. The van der Waals surface area contributed by atoms with E-state index in [1.165, 1.54) is 0 Å². The number of hydrogen-bond acceptors (Lipinski definition) is 4. The van der Waals surface area contributed by atoms with Gasteiger partial charge in [0.2, 0.25) is 0 Å². The lowest BCUT2D eigenvalue weighted by Gasteiger charge is -2.05. The van der Waals surface area contributed by atoms with Crippen LogP contribution in [0.5, 0.6) is 5.75 Å². The molecule has 0 unspecified atom stereocenters. The van der Waals surface area contributed by atoms with Crippen molar-refractivity contribution in [1.29, 1.82) is 0 Å². The molecule has 0 atom stereocenters. The molecule has 88 valence electrons. The molecular weight excluding hydrogens is 210 g/mol. The highest BCUT2D eigenvalue weighted by atomic mass is 17.3. The van der Waals surface area contributed by atoms with E-state index in [4.69, 9.17) is 9.62 Å². The lowest BCUT2D eigenvalue weighted by molar-refractivity contribution is -0.247. The minimum atomic E-state index is -0.663. The Morgan fingerprint density at radius 1 is 1.31 bits per heavy atom. The number of hydroxylamine groups is 1. The van der Waals surface area contributed by atoms with Gasteiger partial charge < -0.3 is 9.62 Å². The van der Waals surface area contributed by atoms with E-state index in [0.717, 1.165) is 12.8 Å². The highest BCUT2D eigenvalue weighted by Crippen LogP contribution is 2.07. The molecule has 0 saturated carbocycles. The summed E-state index contributed by atoms with van der Waals surface area (Å²) in [4.78, 5) is 20.2. The molecule has 5 nitrogen and oxygen atoms in total. The van der Waals surface area contributed by atoms with Crippen molar-refractivity contribution in [2.45, 2.75) is 19.8 Å². The smallest absolute Gasteiger partial charge is 0.434 e. The summed E-state index contributed by atoms with van der Waals surface area (Å²) >= 11 is 0. The van der Waals surface area contributed by atoms with Gasteiger partial charge in [0.15, 0.2) is 5.75 Å². The second-order valence-corrected chi connectivity index (χ2v) is 3.07. The van der Waals surface area contributed by atoms with Crippen LogP contribution in [0, 0.1) is 0 Å². The molecule has 1 aromatic rings. The largest absolute Gasteiger partial charge is 0.448 e. The molecule has 1 amide bonds. The fraction of sp³-hybridized carbons (Fsp3) is 0.364. The Labute approximate surface area is 94.2 Å². The Balaban J connectivity index is 2.09. The average molecular weight is 225 g/mol. The fourth-order valence-corrected chi connectivity index (χ4v) is 0.918. The average Bonchev–Trinajstić information content (AvgIpc) is 2.31. The van der Waals surface area contributed by atoms with E-state index in [-0.39, 0.29) is 0 Å². The molecule has 1 rings (SSSR count). The molecule has 16 heavy (non-hydrogen) atoms. The van der Waals surface area contributed by atoms with Crippen LogP contribution in [0.3, 0.4) is 0 Å². The predicted molar refractivity (Wildman–Crippen MR) is 57.5 cm³/mol. The van der Waals surface area contributed by atoms with Crippen LogP contribution in [0.2, 0.25) is 0 Å². The predicted octanol–water partition coefficient (Wildman–Crippen LogP) is 2.44. The molecular formula is C11H15NO4. The van der Waals surface area contributed by atoms with Crippen molar-refractivity contribution in [2.24, 2.45) is 0 Å². The maximum Gasteiger partial charge on any atom is 0.434 e. The summed E-state index contributed by atoms with van der Waals surface area (Å²) in [5.74, 6) is 0.497.